The smallest absolute Gasteiger partial charge is 0.371 e. The molecule has 43 heavy (non-hydrogen) atoms. The van der Waals surface area contributed by atoms with E-state index in [1.54, 1.807) is 30.3 Å². The Morgan fingerprint density at radius 2 is 1.67 bits per heavy atom. The Hall–Kier alpha value is -3.64. The number of carbonyl (C=O) groups excluding carboxylic acids is 1. The van der Waals surface area contributed by atoms with Crippen LogP contribution in [0.5, 0.6) is 0 Å². The van der Waals surface area contributed by atoms with E-state index in [1.165, 1.54) is 6.20 Å². The van der Waals surface area contributed by atoms with Crippen molar-refractivity contribution in [2.45, 2.75) is 57.9 Å². The minimum atomic E-state index is -4.52. The van der Waals surface area contributed by atoms with E-state index in [9.17, 15) is 27.6 Å². The molecule has 2 aliphatic heterocycles. The average molecular weight is 619 g/mol. The van der Waals surface area contributed by atoms with Crippen molar-refractivity contribution in [2.75, 3.05) is 48.3 Å². The lowest BCUT2D eigenvalue weighted by molar-refractivity contribution is -0.115. The van der Waals surface area contributed by atoms with Crippen LogP contribution in [0, 0.1) is 6.92 Å². The third-order valence-corrected chi connectivity index (χ3v) is 8.57. The summed E-state index contributed by atoms with van der Waals surface area (Å²) in [5, 5.41) is 5.38. The number of rotatable bonds is 7. The van der Waals surface area contributed by atoms with Crippen molar-refractivity contribution in [3.05, 3.63) is 73.1 Å². The fourth-order valence-corrected chi connectivity index (χ4v) is 6.21. The number of aromatic nitrogens is 1. The Morgan fingerprint density at radius 3 is 2.30 bits per heavy atom. The second kappa shape index (κ2) is 12.2. The van der Waals surface area contributed by atoms with Gasteiger partial charge in [0.25, 0.3) is 16.8 Å². The summed E-state index contributed by atoms with van der Waals surface area (Å²) < 4.78 is 37.8. The van der Waals surface area contributed by atoms with E-state index in [4.69, 9.17) is 11.6 Å². The summed E-state index contributed by atoms with van der Waals surface area (Å²) in [4.78, 5) is 48.1. The van der Waals surface area contributed by atoms with E-state index in [2.05, 4.69) is 33.9 Å². The molecule has 3 heterocycles. The van der Waals surface area contributed by atoms with Gasteiger partial charge in [-0.05, 0) is 69.5 Å². The molecule has 0 unspecified atom stereocenters. The topological polar surface area (TPSA) is 97.9 Å². The first kappa shape index (κ1) is 30.8. The number of hydrogen-bond acceptors (Lipinski definition) is 8. The van der Waals surface area contributed by atoms with Gasteiger partial charge in [0.05, 0.1) is 11.9 Å². The number of likely N-dealkylation sites (tertiary alicyclic amines) is 1. The number of piperazine rings is 1. The van der Waals surface area contributed by atoms with Gasteiger partial charge < -0.3 is 20.4 Å². The number of nitrogens with zero attached hydrogens (tertiary/aromatic N) is 4. The molecule has 2 N–H and O–H groups in total. The molecule has 2 atom stereocenters. The molecule has 1 aromatic heterocycles. The van der Waals surface area contributed by atoms with Crippen LogP contribution in [-0.4, -0.2) is 77.7 Å². The number of hydrogen-bond donors (Lipinski definition) is 2. The minimum absolute atomic E-state index is 0.0270. The van der Waals surface area contributed by atoms with E-state index < -0.39 is 23.6 Å². The molecule has 2 saturated heterocycles. The van der Waals surface area contributed by atoms with E-state index in [-0.39, 0.29) is 29.4 Å². The van der Waals surface area contributed by atoms with Crippen LogP contribution in [0.3, 0.4) is 0 Å². The van der Waals surface area contributed by atoms with E-state index in [0.29, 0.717) is 35.4 Å². The maximum absolute atomic E-state index is 12.9. The maximum atomic E-state index is 12.9. The summed E-state index contributed by atoms with van der Waals surface area (Å²) in [5.41, 5.74) is -0.538. The number of pyridine rings is 1. The third-order valence-electron chi connectivity index (χ3n) is 8.31. The van der Waals surface area contributed by atoms with Gasteiger partial charge in [0, 0.05) is 54.9 Å². The SMILES string of the molecule is Cc1cc(Nc2c(NCC(F)(F)F)c(=O)c2=O)cnc1N1C[C@@H](C)N(C2CCN(C(=O)c3ccc(Cl)cc3)CC2)C[C@@H]1C. The minimum Gasteiger partial charge on any atom is -0.371 e. The highest BCUT2D eigenvalue weighted by Gasteiger charge is 2.36. The molecule has 13 heteroatoms. The first-order valence-electron chi connectivity index (χ1n) is 14.3. The van der Waals surface area contributed by atoms with Crippen LogP contribution < -0.4 is 26.4 Å². The molecule has 9 nitrogen and oxygen atoms in total. The monoisotopic (exact) mass is 618 g/mol. The van der Waals surface area contributed by atoms with Crippen LogP contribution in [0.25, 0.3) is 0 Å². The number of nitrogens with one attached hydrogen (secondary N) is 2. The van der Waals surface area contributed by atoms with E-state index >= 15 is 0 Å². The molecule has 230 valence electrons. The zero-order valence-corrected chi connectivity index (χ0v) is 24.9. The molecule has 3 aromatic rings. The van der Waals surface area contributed by atoms with Gasteiger partial charge in [0.1, 0.15) is 23.7 Å². The van der Waals surface area contributed by atoms with Crippen LogP contribution in [0.15, 0.2) is 46.1 Å². The summed E-state index contributed by atoms with van der Waals surface area (Å²) >= 11 is 5.96. The van der Waals surface area contributed by atoms with Gasteiger partial charge in [0.15, 0.2) is 0 Å². The van der Waals surface area contributed by atoms with Crippen molar-refractivity contribution in [2.24, 2.45) is 0 Å². The van der Waals surface area contributed by atoms with Crippen molar-refractivity contribution >= 4 is 40.4 Å². The lowest BCUT2D eigenvalue weighted by Gasteiger charge is -2.49. The van der Waals surface area contributed by atoms with Crippen molar-refractivity contribution in [1.29, 1.82) is 0 Å². The van der Waals surface area contributed by atoms with Gasteiger partial charge in [-0.1, -0.05) is 11.6 Å². The van der Waals surface area contributed by atoms with Gasteiger partial charge in [-0.3, -0.25) is 19.3 Å². The molecular weight excluding hydrogens is 585 g/mol. The molecule has 0 saturated carbocycles. The Kier molecular flexibility index (Phi) is 8.71. The molecule has 2 fully saturated rings. The van der Waals surface area contributed by atoms with Gasteiger partial charge >= 0.3 is 6.18 Å². The second-order valence-corrected chi connectivity index (χ2v) is 11.9. The van der Waals surface area contributed by atoms with Crippen molar-refractivity contribution < 1.29 is 18.0 Å². The number of amides is 1. The molecule has 2 aromatic carbocycles. The highest BCUT2D eigenvalue weighted by molar-refractivity contribution is 6.30. The van der Waals surface area contributed by atoms with Crippen molar-refractivity contribution in [3.8, 4) is 0 Å². The zero-order valence-electron chi connectivity index (χ0n) is 24.2. The van der Waals surface area contributed by atoms with E-state index in [1.807, 2.05) is 17.1 Å². The zero-order chi connectivity index (χ0) is 31.1. The standard InChI is InChI=1S/C30H34ClF3N6O3/c1-17-12-22(37-25-24(26(41)27(25)42)36-16-30(32,33)34)13-35-28(17)40-15-18(2)39(14-19(40)3)23-8-10-38(11-9-23)29(43)20-4-6-21(31)7-5-20/h4-7,12-13,18-19,23,36-37H,8-11,14-16H2,1-3H3/t18-,19+/m1/s1. The van der Waals surface area contributed by atoms with E-state index in [0.717, 1.165) is 37.3 Å². The second-order valence-electron chi connectivity index (χ2n) is 11.4. The Labute approximate surface area is 252 Å². The number of benzene rings is 1. The fourth-order valence-electron chi connectivity index (χ4n) is 6.08. The van der Waals surface area contributed by atoms with Crippen LogP contribution in [-0.2, 0) is 0 Å². The summed E-state index contributed by atoms with van der Waals surface area (Å²) in [5.74, 6) is 0.813. The molecule has 1 amide bonds. The number of anilines is 4. The number of aryl methyl sites for hydroxylation is 1. The lowest BCUT2D eigenvalue weighted by Crippen LogP contribution is -2.61. The van der Waals surface area contributed by atoms with Crippen LogP contribution >= 0.6 is 11.6 Å². The first-order chi connectivity index (χ1) is 20.3. The molecule has 0 bridgehead atoms. The summed E-state index contributed by atoms with van der Waals surface area (Å²) in [7, 11) is 0. The largest absolute Gasteiger partial charge is 0.405 e. The number of halogens is 4. The highest BCUT2D eigenvalue weighted by Crippen LogP contribution is 2.31. The summed E-state index contributed by atoms with van der Waals surface area (Å²) in [6, 6.07) is 9.51. The third kappa shape index (κ3) is 6.65. The predicted octanol–water partition coefficient (Wildman–Crippen LogP) is 4.56. The average Bonchev–Trinajstić information content (AvgIpc) is 2.97. The number of alkyl halides is 3. The molecule has 2 aliphatic rings. The number of carbonyl (C=O) groups is 1. The number of piperidine rings is 1. The Bertz CT molecular complexity index is 1550. The first-order valence-corrected chi connectivity index (χ1v) is 14.6. The molecular formula is C30H34ClF3N6O3. The normalized spacial score (nSPS) is 20.4. The van der Waals surface area contributed by atoms with Crippen LogP contribution in [0.4, 0.5) is 36.1 Å². The quantitative estimate of drug-likeness (QED) is 0.372. The van der Waals surface area contributed by atoms with Gasteiger partial charge in [-0.2, -0.15) is 13.2 Å². The summed E-state index contributed by atoms with van der Waals surface area (Å²) in [6.45, 7) is 7.78. The van der Waals surface area contributed by atoms with Crippen LogP contribution in [0.1, 0.15) is 42.6 Å². The lowest BCUT2D eigenvalue weighted by atomic mass is 9.97. The van der Waals surface area contributed by atoms with Crippen molar-refractivity contribution in [3.63, 3.8) is 0 Å². The van der Waals surface area contributed by atoms with Gasteiger partial charge in [-0.15, -0.1) is 0 Å². The fraction of sp³-hybridized carbons (Fsp3) is 0.467. The Morgan fingerprint density at radius 1 is 1.02 bits per heavy atom. The maximum Gasteiger partial charge on any atom is 0.405 e. The molecule has 5 rings (SSSR count). The molecule has 0 radical (unpaired) electrons. The summed E-state index contributed by atoms with van der Waals surface area (Å²) in [6.07, 6.45) is -1.22. The van der Waals surface area contributed by atoms with Gasteiger partial charge in [-0.25, -0.2) is 4.98 Å². The van der Waals surface area contributed by atoms with Gasteiger partial charge in [0.2, 0.25) is 0 Å². The molecule has 0 aliphatic carbocycles. The van der Waals surface area contributed by atoms with Crippen molar-refractivity contribution in [1.82, 2.24) is 14.8 Å². The van der Waals surface area contributed by atoms with Crippen LogP contribution in [0.2, 0.25) is 5.02 Å². The Balaban J connectivity index is 1.19. The highest BCUT2D eigenvalue weighted by atomic mass is 35.5. The predicted molar refractivity (Wildman–Crippen MR) is 162 cm³/mol. The molecule has 0 spiro atoms.